The monoisotopic (exact) mass is 323 g/mol. The molecule has 0 aliphatic rings. The van der Waals surface area contributed by atoms with Crippen LogP contribution in [0, 0.1) is 0 Å². The second kappa shape index (κ2) is 7.11. The van der Waals surface area contributed by atoms with Gasteiger partial charge in [-0.2, -0.15) is 13.2 Å². The molecule has 0 bridgehead atoms. The van der Waals surface area contributed by atoms with Crippen molar-refractivity contribution in [2.45, 2.75) is 38.0 Å². The largest absolute Gasteiger partial charge is 0.389 e. The zero-order chi connectivity index (χ0) is 16.1. The fraction of sp³-hybridized carbons (Fsp3) is 0.462. The summed E-state index contributed by atoms with van der Waals surface area (Å²) in [7, 11) is 0. The number of hydrogen-bond donors (Lipinski definition) is 3. The van der Waals surface area contributed by atoms with Crippen molar-refractivity contribution in [2.24, 2.45) is 5.84 Å². The third-order valence-corrected chi connectivity index (χ3v) is 3.35. The van der Waals surface area contributed by atoms with Crippen molar-refractivity contribution >= 4 is 17.5 Å². The molecule has 8 heteroatoms. The zero-order valence-electron chi connectivity index (χ0n) is 11.4. The van der Waals surface area contributed by atoms with E-state index in [1.165, 1.54) is 6.92 Å². The third-order valence-electron chi connectivity index (χ3n) is 3.09. The Labute approximate surface area is 125 Å². The molecule has 0 aliphatic heterocycles. The van der Waals surface area contributed by atoms with Crippen LogP contribution < -0.4 is 16.6 Å². The first-order chi connectivity index (χ1) is 9.66. The lowest BCUT2D eigenvalue weighted by molar-refractivity contribution is -0.143. The summed E-state index contributed by atoms with van der Waals surface area (Å²) in [4.78, 5) is 12.0. The minimum absolute atomic E-state index is 0.180. The molecule has 1 atom stereocenters. The van der Waals surface area contributed by atoms with Crippen LogP contribution in [0.1, 0.15) is 25.3 Å². The van der Waals surface area contributed by atoms with Crippen LogP contribution in [0.5, 0.6) is 0 Å². The van der Waals surface area contributed by atoms with Gasteiger partial charge in [0.05, 0.1) is 0 Å². The van der Waals surface area contributed by atoms with Crippen LogP contribution in [0.15, 0.2) is 24.3 Å². The van der Waals surface area contributed by atoms with Gasteiger partial charge in [-0.3, -0.25) is 10.6 Å². The molecule has 0 aliphatic carbocycles. The normalized spacial score (nSPS) is 14.6. The molecule has 0 heterocycles. The molecule has 1 unspecified atom stereocenters. The van der Waals surface area contributed by atoms with E-state index in [9.17, 15) is 18.0 Å². The lowest BCUT2D eigenvalue weighted by Crippen LogP contribution is -2.57. The predicted molar refractivity (Wildman–Crippen MR) is 74.3 cm³/mol. The summed E-state index contributed by atoms with van der Waals surface area (Å²) >= 11 is 5.73. The van der Waals surface area contributed by atoms with Crippen LogP contribution in [0.3, 0.4) is 0 Å². The summed E-state index contributed by atoms with van der Waals surface area (Å²) < 4.78 is 36.8. The van der Waals surface area contributed by atoms with Gasteiger partial charge in [0.15, 0.2) is 0 Å². The van der Waals surface area contributed by atoms with Crippen molar-refractivity contribution < 1.29 is 18.0 Å². The smallest absolute Gasteiger partial charge is 0.350 e. The van der Waals surface area contributed by atoms with Gasteiger partial charge < -0.3 is 5.32 Å². The van der Waals surface area contributed by atoms with Gasteiger partial charge in [-0.15, -0.1) is 0 Å². The molecule has 0 radical (unpaired) electrons. The molecule has 1 aromatic carbocycles. The number of carbonyl (C=O) groups excluding carboxylic acids is 1. The van der Waals surface area contributed by atoms with Gasteiger partial charge in [0, 0.05) is 18.0 Å². The van der Waals surface area contributed by atoms with Gasteiger partial charge in [0.25, 0.3) is 0 Å². The molecular formula is C13H17ClF3N3O. The Morgan fingerprint density at radius 2 is 1.81 bits per heavy atom. The highest BCUT2D eigenvalue weighted by atomic mass is 35.5. The van der Waals surface area contributed by atoms with Crippen LogP contribution in [-0.4, -0.2) is 17.6 Å². The molecule has 1 rings (SSSR count). The maximum atomic E-state index is 12.3. The second-order valence-corrected chi connectivity index (χ2v) is 5.34. The number of hydrazine groups is 1. The van der Waals surface area contributed by atoms with E-state index in [0.29, 0.717) is 5.02 Å². The van der Waals surface area contributed by atoms with Gasteiger partial charge in [0.2, 0.25) is 5.91 Å². The maximum absolute atomic E-state index is 12.3. The number of hydrogen-bond acceptors (Lipinski definition) is 3. The van der Waals surface area contributed by atoms with Crippen LogP contribution in [0.25, 0.3) is 0 Å². The molecule has 4 N–H and O–H groups in total. The summed E-state index contributed by atoms with van der Waals surface area (Å²) in [6.07, 6.45) is -5.88. The highest BCUT2D eigenvalue weighted by molar-refractivity contribution is 6.30. The molecular weight excluding hydrogens is 307 g/mol. The van der Waals surface area contributed by atoms with E-state index in [1.54, 1.807) is 24.3 Å². The van der Waals surface area contributed by atoms with E-state index < -0.39 is 30.5 Å². The minimum atomic E-state index is -4.34. The van der Waals surface area contributed by atoms with Crippen molar-refractivity contribution in [1.82, 2.24) is 10.7 Å². The number of nitrogens with two attached hydrogens (primary N) is 1. The van der Waals surface area contributed by atoms with Crippen molar-refractivity contribution in [3.8, 4) is 0 Å². The lowest BCUT2D eigenvalue weighted by Gasteiger charge is -2.28. The van der Waals surface area contributed by atoms with Gasteiger partial charge in [-0.05, 0) is 31.0 Å². The number of carbonyl (C=O) groups is 1. The molecule has 0 saturated heterocycles. The number of amides is 1. The number of rotatable bonds is 6. The Bertz CT molecular complexity index is 479. The fourth-order valence-electron chi connectivity index (χ4n) is 1.62. The Kier molecular flexibility index (Phi) is 6.00. The Morgan fingerprint density at radius 3 is 2.29 bits per heavy atom. The quantitative estimate of drug-likeness (QED) is 0.556. The van der Waals surface area contributed by atoms with Crippen LogP contribution >= 0.6 is 11.6 Å². The second-order valence-electron chi connectivity index (χ2n) is 4.90. The first kappa shape index (κ1) is 17.7. The van der Waals surface area contributed by atoms with Crippen LogP contribution in [0.4, 0.5) is 13.2 Å². The van der Waals surface area contributed by atoms with Gasteiger partial charge in [-0.1, -0.05) is 23.7 Å². The molecule has 21 heavy (non-hydrogen) atoms. The number of benzene rings is 1. The summed E-state index contributed by atoms with van der Waals surface area (Å²) in [6, 6.07) is 6.75. The van der Waals surface area contributed by atoms with Gasteiger partial charge >= 0.3 is 6.18 Å². The molecule has 0 fully saturated rings. The van der Waals surface area contributed by atoms with Crippen LogP contribution in [0.2, 0.25) is 5.02 Å². The van der Waals surface area contributed by atoms with E-state index in [-0.39, 0.29) is 6.54 Å². The topological polar surface area (TPSA) is 67.1 Å². The summed E-state index contributed by atoms with van der Waals surface area (Å²) in [5, 5.41) is 3.11. The SMILES string of the molecule is CC(CCC(F)(F)F)(NN)C(=O)NCc1ccc(Cl)cc1. The standard InChI is InChI=1S/C13H17ClF3N3O/c1-12(20-18,6-7-13(15,16)17)11(21)19-8-9-2-4-10(14)5-3-9/h2-5,20H,6-8,18H2,1H3,(H,19,21). The van der Waals surface area contributed by atoms with Crippen LogP contribution in [-0.2, 0) is 11.3 Å². The number of halogens is 4. The zero-order valence-corrected chi connectivity index (χ0v) is 12.2. The van der Waals surface area contributed by atoms with Crippen molar-refractivity contribution in [2.75, 3.05) is 0 Å². The molecule has 118 valence electrons. The number of nitrogens with one attached hydrogen (secondary N) is 2. The Hall–Kier alpha value is -1.31. The van der Waals surface area contributed by atoms with Crippen molar-refractivity contribution in [3.63, 3.8) is 0 Å². The van der Waals surface area contributed by atoms with E-state index in [2.05, 4.69) is 10.7 Å². The molecule has 1 amide bonds. The first-order valence-corrected chi connectivity index (χ1v) is 6.61. The highest BCUT2D eigenvalue weighted by Gasteiger charge is 2.37. The summed E-state index contributed by atoms with van der Waals surface area (Å²) in [5.74, 6) is 4.64. The Morgan fingerprint density at radius 1 is 1.24 bits per heavy atom. The molecule has 1 aromatic rings. The summed E-state index contributed by atoms with van der Waals surface area (Å²) in [6.45, 7) is 1.51. The molecule has 0 aromatic heterocycles. The predicted octanol–water partition coefficient (Wildman–Crippen LogP) is 2.52. The molecule has 0 spiro atoms. The minimum Gasteiger partial charge on any atom is -0.350 e. The molecule has 4 nitrogen and oxygen atoms in total. The first-order valence-electron chi connectivity index (χ1n) is 6.23. The molecule has 0 saturated carbocycles. The Balaban J connectivity index is 2.59. The average Bonchev–Trinajstić information content (AvgIpc) is 2.43. The highest BCUT2D eigenvalue weighted by Crippen LogP contribution is 2.25. The van der Waals surface area contributed by atoms with E-state index in [4.69, 9.17) is 17.4 Å². The van der Waals surface area contributed by atoms with Crippen molar-refractivity contribution in [3.05, 3.63) is 34.9 Å². The number of alkyl halides is 3. The third kappa shape index (κ3) is 5.91. The van der Waals surface area contributed by atoms with E-state index in [0.717, 1.165) is 5.56 Å². The van der Waals surface area contributed by atoms with E-state index >= 15 is 0 Å². The summed E-state index contributed by atoms with van der Waals surface area (Å²) in [5.41, 5.74) is 1.46. The van der Waals surface area contributed by atoms with Gasteiger partial charge in [0.1, 0.15) is 5.54 Å². The van der Waals surface area contributed by atoms with Crippen molar-refractivity contribution in [1.29, 1.82) is 0 Å². The van der Waals surface area contributed by atoms with Gasteiger partial charge in [-0.25, -0.2) is 5.43 Å². The average molecular weight is 324 g/mol. The maximum Gasteiger partial charge on any atom is 0.389 e. The van der Waals surface area contributed by atoms with E-state index in [1.807, 2.05) is 0 Å². The lowest BCUT2D eigenvalue weighted by atomic mass is 9.95. The fourth-order valence-corrected chi connectivity index (χ4v) is 1.75.